The number of hydrogen-bond donors (Lipinski definition) is 2. The van der Waals surface area contributed by atoms with Crippen LogP contribution in [-0.2, 0) is 16.6 Å². The molecule has 1 aromatic heterocycles. The Morgan fingerprint density at radius 1 is 0.982 bits per heavy atom. The number of nitrogens with zero attached hydrogens (tertiary/aromatic N) is 5. The van der Waals surface area contributed by atoms with Crippen LogP contribution in [0.1, 0.15) is 78.3 Å². The predicted octanol–water partition coefficient (Wildman–Crippen LogP) is 5.28. The smallest absolute Gasteiger partial charge is 0.405 e. The molecule has 7 rings (SSSR count). The zero-order valence-electron chi connectivity index (χ0n) is 30.8. The second kappa shape index (κ2) is 15.5. The van der Waals surface area contributed by atoms with Gasteiger partial charge in [0.2, 0.25) is 11.8 Å². The standard InChI is InChI=1S/C39H45ClF3N7O5/c1-47-22-26(19-27(23-47)45-31-21-44-48(2)37(54)34(31)40)24-3-5-25(6-4-24)36(53)50-17-13-38(14-18-50)11-15-49(16-12-38)28-7-8-29(32(20-28)55-39(41,42)43)30-9-10-33(51)46-35(30)52/h3-8,20-21,26-27,30,45H,9-19,22-23H2,1-2H3,(H,46,51,52). The maximum absolute atomic E-state index is 13.6. The summed E-state index contributed by atoms with van der Waals surface area (Å²) in [6.07, 6.45) is 0.973. The van der Waals surface area contributed by atoms with Crippen LogP contribution in [0.4, 0.5) is 24.5 Å². The molecule has 0 radical (unpaired) electrons. The minimum absolute atomic E-state index is 0.000221. The van der Waals surface area contributed by atoms with Crippen molar-refractivity contribution in [2.75, 3.05) is 56.5 Å². The van der Waals surface area contributed by atoms with Crippen molar-refractivity contribution >= 4 is 40.7 Å². The average Bonchev–Trinajstić information content (AvgIpc) is 3.15. The summed E-state index contributed by atoms with van der Waals surface area (Å²) in [6.45, 7) is 4.18. The molecule has 0 aliphatic carbocycles. The number of rotatable bonds is 7. The number of hydrogen-bond acceptors (Lipinski definition) is 9. The fourth-order valence-corrected chi connectivity index (χ4v) is 8.94. The minimum Gasteiger partial charge on any atom is -0.405 e. The summed E-state index contributed by atoms with van der Waals surface area (Å²) in [5.41, 5.74) is 2.67. The first kappa shape index (κ1) is 38.6. The van der Waals surface area contributed by atoms with Crippen LogP contribution < -0.4 is 25.8 Å². The molecule has 5 heterocycles. The highest BCUT2D eigenvalue weighted by atomic mass is 35.5. The summed E-state index contributed by atoms with van der Waals surface area (Å²) in [6, 6.07) is 12.5. The van der Waals surface area contributed by atoms with Crippen molar-refractivity contribution in [1.29, 1.82) is 0 Å². The summed E-state index contributed by atoms with van der Waals surface area (Å²) >= 11 is 6.31. The summed E-state index contributed by atoms with van der Waals surface area (Å²) in [4.78, 5) is 56.2. The van der Waals surface area contributed by atoms with Crippen LogP contribution in [0.25, 0.3) is 0 Å². The molecule has 4 fully saturated rings. The van der Waals surface area contributed by atoms with Crippen molar-refractivity contribution in [2.45, 2.75) is 69.2 Å². The van der Waals surface area contributed by atoms with E-state index in [1.807, 2.05) is 34.1 Å². The number of benzene rings is 2. The van der Waals surface area contributed by atoms with E-state index in [1.165, 1.54) is 16.8 Å². The maximum atomic E-state index is 13.6. The van der Waals surface area contributed by atoms with E-state index in [4.69, 9.17) is 11.6 Å². The molecule has 1 spiro atoms. The van der Waals surface area contributed by atoms with E-state index in [-0.39, 0.29) is 52.3 Å². The number of carbonyl (C=O) groups is 3. The molecule has 3 amide bonds. The SMILES string of the molecule is CN1CC(Nc2cnn(C)c(=O)c2Cl)CC(c2ccc(C(=O)N3CCC4(CC3)CCN(c3ccc(C5CCC(=O)NC5=O)c(OC(F)(F)F)c3)CC4)cc2)C1. The van der Waals surface area contributed by atoms with Crippen molar-refractivity contribution in [1.82, 2.24) is 24.9 Å². The van der Waals surface area contributed by atoms with Gasteiger partial charge < -0.3 is 24.8 Å². The number of imide groups is 1. The zero-order valence-corrected chi connectivity index (χ0v) is 31.6. The Kier molecular flexibility index (Phi) is 10.9. The Morgan fingerprint density at radius 3 is 2.35 bits per heavy atom. The largest absolute Gasteiger partial charge is 0.573 e. The third-order valence-electron chi connectivity index (χ3n) is 11.8. The van der Waals surface area contributed by atoms with Crippen LogP contribution in [0.5, 0.6) is 5.75 Å². The molecule has 12 nitrogen and oxygen atoms in total. The molecule has 0 bridgehead atoms. The Hall–Kier alpha value is -4.63. The lowest BCUT2D eigenvalue weighted by molar-refractivity contribution is -0.275. The first-order valence-corrected chi connectivity index (χ1v) is 19.1. The van der Waals surface area contributed by atoms with E-state index in [2.05, 4.69) is 32.4 Å². The fraction of sp³-hybridized carbons (Fsp3) is 0.513. The van der Waals surface area contributed by atoms with Gasteiger partial charge in [0.15, 0.2) is 0 Å². The number of likely N-dealkylation sites (tertiary alicyclic amines) is 2. The predicted molar refractivity (Wildman–Crippen MR) is 200 cm³/mol. The fourth-order valence-electron chi connectivity index (χ4n) is 8.71. The van der Waals surface area contributed by atoms with Gasteiger partial charge in [-0.2, -0.15) is 5.10 Å². The molecule has 294 valence electrons. The van der Waals surface area contributed by atoms with E-state index >= 15 is 0 Å². The Balaban J connectivity index is 0.935. The number of halogens is 4. The molecule has 16 heteroatoms. The minimum atomic E-state index is -4.94. The lowest BCUT2D eigenvalue weighted by Crippen LogP contribution is -2.48. The molecule has 3 unspecified atom stereocenters. The zero-order chi connectivity index (χ0) is 39.1. The lowest BCUT2D eigenvalue weighted by Gasteiger charge is -2.47. The van der Waals surface area contributed by atoms with Gasteiger partial charge in [-0.05, 0) is 80.7 Å². The average molecular weight is 784 g/mol. The van der Waals surface area contributed by atoms with Crippen LogP contribution in [-0.4, -0.2) is 96.0 Å². The molecular weight excluding hydrogens is 739 g/mol. The van der Waals surface area contributed by atoms with Crippen molar-refractivity contribution in [3.63, 3.8) is 0 Å². The first-order chi connectivity index (χ1) is 26.2. The number of likely N-dealkylation sites (N-methyl/N-ethyl adjacent to an activating group) is 1. The molecule has 4 saturated heterocycles. The molecule has 4 aliphatic heterocycles. The number of aromatic nitrogens is 2. The highest BCUT2D eigenvalue weighted by Crippen LogP contribution is 2.44. The topological polar surface area (TPSA) is 129 Å². The monoisotopic (exact) mass is 783 g/mol. The summed E-state index contributed by atoms with van der Waals surface area (Å²) in [5.74, 6) is -2.19. The van der Waals surface area contributed by atoms with Crippen LogP contribution in [0.15, 0.2) is 53.5 Å². The van der Waals surface area contributed by atoms with Crippen LogP contribution in [0.3, 0.4) is 0 Å². The number of carbonyl (C=O) groups excluding carboxylic acids is 3. The summed E-state index contributed by atoms with van der Waals surface area (Å²) < 4.78 is 45.9. The Bertz CT molecular complexity index is 1990. The highest BCUT2D eigenvalue weighted by Gasteiger charge is 2.40. The highest BCUT2D eigenvalue weighted by molar-refractivity contribution is 6.32. The van der Waals surface area contributed by atoms with Gasteiger partial charge in [0, 0.05) is 81.7 Å². The molecule has 55 heavy (non-hydrogen) atoms. The molecule has 4 aliphatic rings. The Labute approximate surface area is 321 Å². The molecule has 2 aromatic carbocycles. The number of ether oxygens (including phenoxy) is 1. The van der Waals surface area contributed by atoms with Gasteiger partial charge in [0.25, 0.3) is 11.5 Å². The Morgan fingerprint density at radius 2 is 1.67 bits per heavy atom. The summed E-state index contributed by atoms with van der Waals surface area (Å²) in [5, 5.41) is 9.82. The third kappa shape index (κ3) is 8.62. The number of alkyl halides is 3. The lowest BCUT2D eigenvalue weighted by atomic mass is 9.71. The number of amides is 3. The van der Waals surface area contributed by atoms with Crippen molar-refractivity contribution in [2.24, 2.45) is 12.5 Å². The third-order valence-corrected chi connectivity index (χ3v) is 12.2. The van der Waals surface area contributed by atoms with E-state index in [0.717, 1.165) is 50.8 Å². The van der Waals surface area contributed by atoms with E-state index < -0.39 is 29.8 Å². The van der Waals surface area contributed by atoms with Crippen LogP contribution in [0, 0.1) is 5.41 Å². The van der Waals surface area contributed by atoms with Gasteiger partial charge in [0.05, 0.1) is 17.8 Å². The quantitative estimate of drug-likeness (QED) is 0.308. The number of anilines is 2. The van der Waals surface area contributed by atoms with Gasteiger partial charge in [-0.15, -0.1) is 13.2 Å². The van der Waals surface area contributed by atoms with Crippen LogP contribution >= 0.6 is 11.6 Å². The number of piperidine rings is 4. The normalized spacial score (nSPS) is 23.4. The molecule has 2 N–H and O–H groups in total. The van der Waals surface area contributed by atoms with Crippen molar-refractivity contribution < 1.29 is 32.3 Å². The molecule has 0 saturated carbocycles. The molecule has 3 aromatic rings. The molecular formula is C39H45ClF3N7O5. The second-order valence-corrected chi connectivity index (χ2v) is 15.8. The van der Waals surface area contributed by atoms with Gasteiger partial charge in [-0.3, -0.25) is 24.5 Å². The molecule has 3 atom stereocenters. The number of nitrogens with one attached hydrogen (secondary N) is 2. The van der Waals surface area contributed by atoms with Crippen molar-refractivity contribution in [3.8, 4) is 5.75 Å². The van der Waals surface area contributed by atoms with Gasteiger partial charge in [0.1, 0.15) is 10.8 Å². The van der Waals surface area contributed by atoms with E-state index in [1.54, 1.807) is 19.3 Å². The van der Waals surface area contributed by atoms with E-state index in [9.17, 15) is 32.3 Å². The van der Waals surface area contributed by atoms with Gasteiger partial charge >= 0.3 is 6.36 Å². The maximum Gasteiger partial charge on any atom is 0.573 e. The van der Waals surface area contributed by atoms with Crippen molar-refractivity contribution in [3.05, 3.63) is 80.7 Å². The van der Waals surface area contributed by atoms with Gasteiger partial charge in [-0.1, -0.05) is 29.8 Å². The van der Waals surface area contributed by atoms with Crippen LogP contribution in [0.2, 0.25) is 5.02 Å². The van der Waals surface area contributed by atoms with Gasteiger partial charge in [-0.25, -0.2) is 4.68 Å². The number of aryl methyl sites for hydroxylation is 1. The first-order valence-electron chi connectivity index (χ1n) is 18.7. The summed E-state index contributed by atoms with van der Waals surface area (Å²) in [7, 11) is 3.62. The van der Waals surface area contributed by atoms with E-state index in [0.29, 0.717) is 43.1 Å². The second-order valence-electron chi connectivity index (χ2n) is 15.5.